The fourth-order valence-corrected chi connectivity index (χ4v) is 1.06. The third kappa shape index (κ3) is 0.945. The smallest absolute Gasteiger partial charge is 0.207 e. The molecule has 10 heavy (non-hydrogen) atoms. The van der Waals surface area contributed by atoms with Gasteiger partial charge in [0.1, 0.15) is 0 Å². The Hall–Kier alpha value is -0.770. The standard InChI is InChI=1S/C6H9NO2S/c1-2-7-5(8)3-4(10)6(7)9/h3,8-10H,2H2,1H3. The SMILES string of the molecule is CCn1c(O)cc(S)c1O. The summed E-state index contributed by atoms with van der Waals surface area (Å²) in [4.78, 5) is 0.402. The van der Waals surface area contributed by atoms with E-state index in [0.717, 1.165) is 0 Å². The number of aromatic nitrogens is 1. The highest BCUT2D eigenvalue weighted by Crippen LogP contribution is 2.29. The normalized spacial score (nSPS) is 10.2. The zero-order valence-electron chi connectivity index (χ0n) is 5.57. The minimum absolute atomic E-state index is 0.0170. The number of nitrogens with zero attached hydrogens (tertiary/aromatic N) is 1. The van der Waals surface area contributed by atoms with Crippen molar-refractivity contribution in [3.63, 3.8) is 0 Å². The summed E-state index contributed by atoms with van der Waals surface area (Å²) in [7, 11) is 0. The van der Waals surface area contributed by atoms with Gasteiger partial charge in [0.05, 0.1) is 4.90 Å². The molecule has 0 aromatic carbocycles. The number of hydrogen-bond acceptors (Lipinski definition) is 3. The lowest BCUT2D eigenvalue weighted by Crippen LogP contribution is -1.90. The predicted molar refractivity (Wildman–Crippen MR) is 40.7 cm³/mol. The molecule has 0 atom stereocenters. The molecule has 0 bridgehead atoms. The Bertz CT molecular complexity index is 244. The van der Waals surface area contributed by atoms with Crippen molar-refractivity contribution >= 4 is 12.6 Å². The van der Waals surface area contributed by atoms with Gasteiger partial charge in [-0.2, -0.15) is 0 Å². The molecule has 0 amide bonds. The van der Waals surface area contributed by atoms with Crippen LogP contribution in [-0.2, 0) is 6.54 Å². The average Bonchev–Trinajstić information content (AvgIpc) is 2.09. The summed E-state index contributed by atoms with van der Waals surface area (Å²) in [6.45, 7) is 2.37. The lowest BCUT2D eigenvalue weighted by Gasteiger charge is -2.00. The van der Waals surface area contributed by atoms with Crippen LogP contribution in [0, 0.1) is 0 Å². The van der Waals surface area contributed by atoms with Crippen molar-refractivity contribution in [1.82, 2.24) is 4.57 Å². The van der Waals surface area contributed by atoms with Crippen LogP contribution in [-0.4, -0.2) is 14.8 Å². The number of hydrogen-bond donors (Lipinski definition) is 3. The van der Waals surface area contributed by atoms with Crippen molar-refractivity contribution in [3.8, 4) is 11.8 Å². The highest BCUT2D eigenvalue weighted by atomic mass is 32.1. The van der Waals surface area contributed by atoms with E-state index in [0.29, 0.717) is 11.4 Å². The Morgan fingerprint density at radius 2 is 2.20 bits per heavy atom. The lowest BCUT2D eigenvalue weighted by atomic mass is 10.6. The summed E-state index contributed by atoms with van der Waals surface area (Å²) >= 11 is 3.91. The van der Waals surface area contributed by atoms with Gasteiger partial charge in [-0.1, -0.05) is 0 Å². The summed E-state index contributed by atoms with van der Waals surface area (Å²) in [5, 5.41) is 18.2. The molecule has 4 heteroatoms. The fourth-order valence-electron chi connectivity index (χ4n) is 0.823. The number of aromatic hydroxyl groups is 2. The molecule has 0 aliphatic heterocycles. The molecule has 1 rings (SSSR count). The van der Waals surface area contributed by atoms with E-state index in [-0.39, 0.29) is 11.8 Å². The molecule has 0 fully saturated rings. The van der Waals surface area contributed by atoms with Gasteiger partial charge < -0.3 is 10.2 Å². The van der Waals surface area contributed by atoms with Crippen molar-refractivity contribution in [2.75, 3.05) is 0 Å². The average molecular weight is 159 g/mol. The Balaban J connectivity index is 3.20. The van der Waals surface area contributed by atoms with E-state index in [9.17, 15) is 0 Å². The molecule has 0 saturated heterocycles. The molecule has 0 aliphatic carbocycles. The molecule has 56 valence electrons. The Morgan fingerprint density at radius 3 is 2.40 bits per heavy atom. The molecule has 0 spiro atoms. The van der Waals surface area contributed by atoms with Gasteiger partial charge in [0, 0.05) is 12.6 Å². The summed E-state index contributed by atoms with van der Waals surface area (Å²) in [6.07, 6.45) is 0. The van der Waals surface area contributed by atoms with Gasteiger partial charge in [-0.15, -0.1) is 12.6 Å². The largest absolute Gasteiger partial charge is 0.494 e. The first kappa shape index (κ1) is 7.34. The van der Waals surface area contributed by atoms with Gasteiger partial charge in [-0.3, -0.25) is 4.57 Å². The quantitative estimate of drug-likeness (QED) is 0.539. The van der Waals surface area contributed by atoms with E-state index in [1.807, 2.05) is 6.92 Å². The minimum Gasteiger partial charge on any atom is -0.494 e. The monoisotopic (exact) mass is 159 g/mol. The van der Waals surface area contributed by atoms with Crippen molar-refractivity contribution < 1.29 is 10.2 Å². The van der Waals surface area contributed by atoms with Gasteiger partial charge in [0.25, 0.3) is 0 Å². The first-order chi connectivity index (χ1) is 4.66. The molecule has 3 nitrogen and oxygen atoms in total. The van der Waals surface area contributed by atoms with Crippen molar-refractivity contribution in [1.29, 1.82) is 0 Å². The Morgan fingerprint density at radius 1 is 1.60 bits per heavy atom. The third-order valence-electron chi connectivity index (χ3n) is 1.34. The first-order valence-electron chi connectivity index (χ1n) is 2.97. The minimum atomic E-state index is 0.0170. The topological polar surface area (TPSA) is 45.4 Å². The van der Waals surface area contributed by atoms with E-state index >= 15 is 0 Å². The van der Waals surface area contributed by atoms with Gasteiger partial charge in [-0.25, -0.2) is 0 Å². The number of rotatable bonds is 1. The predicted octanol–water partition coefficient (Wildman–Crippen LogP) is 1.21. The van der Waals surface area contributed by atoms with Crippen LogP contribution in [0.25, 0.3) is 0 Å². The second kappa shape index (κ2) is 2.46. The summed E-state index contributed by atoms with van der Waals surface area (Å²) < 4.78 is 1.36. The molecular formula is C6H9NO2S. The molecular weight excluding hydrogens is 150 g/mol. The lowest BCUT2D eigenvalue weighted by molar-refractivity contribution is 0.369. The molecule has 1 aromatic heterocycles. The maximum Gasteiger partial charge on any atom is 0.207 e. The van der Waals surface area contributed by atoms with Crippen molar-refractivity contribution in [2.24, 2.45) is 0 Å². The van der Waals surface area contributed by atoms with Crippen LogP contribution < -0.4 is 0 Å². The van der Waals surface area contributed by atoms with Gasteiger partial charge >= 0.3 is 0 Å². The molecule has 0 unspecified atom stereocenters. The van der Waals surface area contributed by atoms with E-state index in [1.54, 1.807) is 0 Å². The van der Waals surface area contributed by atoms with Crippen molar-refractivity contribution in [2.45, 2.75) is 18.4 Å². The Kier molecular flexibility index (Phi) is 1.80. The van der Waals surface area contributed by atoms with Crippen LogP contribution in [0.4, 0.5) is 0 Å². The zero-order chi connectivity index (χ0) is 7.72. The number of thiol groups is 1. The summed E-state index contributed by atoms with van der Waals surface area (Å²) in [5.74, 6) is 0.0633. The van der Waals surface area contributed by atoms with E-state index in [1.165, 1.54) is 10.6 Å². The zero-order valence-corrected chi connectivity index (χ0v) is 6.47. The van der Waals surface area contributed by atoms with Gasteiger partial charge in [-0.05, 0) is 6.92 Å². The van der Waals surface area contributed by atoms with E-state index < -0.39 is 0 Å². The first-order valence-corrected chi connectivity index (χ1v) is 3.42. The maximum atomic E-state index is 9.14. The molecule has 0 saturated carbocycles. The van der Waals surface area contributed by atoms with E-state index in [2.05, 4.69) is 12.6 Å². The van der Waals surface area contributed by atoms with Crippen LogP contribution in [0.5, 0.6) is 11.8 Å². The summed E-state index contributed by atoms with van der Waals surface area (Å²) in [6, 6.07) is 1.40. The fraction of sp³-hybridized carbons (Fsp3) is 0.333. The van der Waals surface area contributed by atoms with Crippen LogP contribution >= 0.6 is 12.6 Å². The van der Waals surface area contributed by atoms with Crippen LogP contribution in [0.15, 0.2) is 11.0 Å². The van der Waals surface area contributed by atoms with Crippen LogP contribution in [0.2, 0.25) is 0 Å². The Labute approximate surface area is 64.3 Å². The van der Waals surface area contributed by atoms with E-state index in [4.69, 9.17) is 10.2 Å². The van der Waals surface area contributed by atoms with Crippen molar-refractivity contribution in [3.05, 3.63) is 6.07 Å². The highest BCUT2D eigenvalue weighted by Gasteiger charge is 2.07. The molecule has 2 N–H and O–H groups in total. The molecule has 0 radical (unpaired) electrons. The molecule has 1 aromatic rings. The molecule has 1 heterocycles. The highest BCUT2D eigenvalue weighted by molar-refractivity contribution is 7.80. The molecule has 0 aliphatic rings. The maximum absolute atomic E-state index is 9.14. The van der Waals surface area contributed by atoms with Crippen LogP contribution in [0.1, 0.15) is 6.92 Å². The summed E-state index contributed by atoms with van der Waals surface area (Å²) in [5.41, 5.74) is 0. The third-order valence-corrected chi connectivity index (χ3v) is 1.67. The van der Waals surface area contributed by atoms with Crippen LogP contribution in [0.3, 0.4) is 0 Å². The van der Waals surface area contributed by atoms with Gasteiger partial charge in [0.2, 0.25) is 5.88 Å². The second-order valence-corrected chi connectivity index (χ2v) is 2.44. The van der Waals surface area contributed by atoms with Gasteiger partial charge in [0.15, 0.2) is 5.88 Å². The second-order valence-electron chi connectivity index (χ2n) is 1.96.